The zero-order chi connectivity index (χ0) is 15.8. The lowest BCUT2D eigenvalue weighted by Crippen LogP contribution is -2.34. The molecule has 7 heteroatoms. The molecule has 2 aliphatic rings. The summed E-state index contributed by atoms with van der Waals surface area (Å²) in [6, 6.07) is 5.22. The second-order valence-corrected chi connectivity index (χ2v) is 5.39. The molecule has 4 nitrogen and oxygen atoms in total. The molecule has 1 aromatic rings. The fraction of sp³-hybridized carbons (Fsp3) is 0.400. The average molecular weight is 309 g/mol. The van der Waals surface area contributed by atoms with Gasteiger partial charge >= 0.3 is 11.8 Å². The third kappa shape index (κ3) is 2.63. The van der Waals surface area contributed by atoms with Crippen molar-refractivity contribution in [3.05, 3.63) is 47.5 Å². The van der Waals surface area contributed by atoms with Crippen molar-refractivity contribution in [2.45, 2.75) is 37.1 Å². The maximum atomic E-state index is 12.9. The van der Waals surface area contributed by atoms with E-state index in [9.17, 15) is 18.0 Å². The summed E-state index contributed by atoms with van der Waals surface area (Å²) in [7, 11) is 0. The largest absolute Gasteiger partial charge is 0.442 e. The summed E-state index contributed by atoms with van der Waals surface area (Å²) in [6.07, 6.45) is 2.29. The highest BCUT2D eigenvalue weighted by molar-refractivity contribution is 5.94. The van der Waals surface area contributed by atoms with Gasteiger partial charge in [-0.3, -0.25) is 4.79 Å². The zero-order valence-electron chi connectivity index (χ0n) is 11.6. The molecular weight excluding hydrogens is 295 g/mol. The van der Waals surface area contributed by atoms with Gasteiger partial charge in [-0.15, -0.1) is 10.2 Å². The molecule has 0 radical (unpaired) electrons. The number of nitrogens with one attached hydrogen (secondary N) is 1. The highest BCUT2D eigenvalue weighted by atomic mass is 19.4. The van der Waals surface area contributed by atoms with Gasteiger partial charge in [0.05, 0.1) is 0 Å². The molecular formula is C15H14F3N3O. The minimum Gasteiger partial charge on any atom is -0.346 e. The van der Waals surface area contributed by atoms with Crippen LogP contribution >= 0.6 is 0 Å². The maximum Gasteiger partial charge on any atom is 0.442 e. The first-order valence-electron chi connectivity index (χ1n) is 7.01. The smallest absolute Gasteiger partial charge is 0.346 e. The van der Waals surface area contributed by atoms with E-state index in [4.69, 9.17) is 0 Å². The van der Waals surface area contributed by atoms with E-state index in [-0.39, 0.29) is 17.5 Å². The first-order valence-corrected chi connectivity index (χ1v) is 7.01. The summed E-state index contributed by atoms with van der Waals surface area (Å²) in [5.74, 6) is -0.297. The zero-order valence-corrected chi connectivity index (χ0v) is 11.6. The lowest BCUT2D eigenvalue weighted by atomic mass is 10.00. The minimum absolute atomic E-state index is 0.0177. The number of carbonyl (C=O) groups excluding carboxylic acids is 1. The molecule has 0 saturated carbocycles. The monoisotopic (exact) mass is 309 g/mol. The van der Waals surface area contributed by atoms with Crippen LogP contribution in [0.4, 0.5) is 13.2 Å². The van der Waals surface area contributed by atoms with Gasteiger partial charge in [0.15, 0.2) is 0 Å². The third-order valence-corrected chi connectivity index (χ3v) is 3.82. The van der Waals surface area contributed by atoms with Crippen LogP contribution in [0.15, 0.2) is 46.6 Å². The minimum atomic E-state index is -4.55. The van der Waals surface area contributed by atoms with Crippen molar-refractivity contribution in [2.24, 2.45) is 10.2 Å². The summed E-state index contributed by atoms with van der Waals surface area (Å²) in [5, 5.41) is 9.11. The molecule has 116 valence electrons. The molecule has 0 bridgehead atoms. The van der Waals surface area contributed by atoms with E-state index in [0.717, 1.165) is 19.3 Å². The topological polar surface area (TPSA) is 53.8 Å². The van der Waals surface area contributed by atoms with Crippen LogP contribution in [0.5, 0.6) is 0 Å². The average Bonchev–Trinajstić information content (AvgIpc) is 3.30. The summed E-state index contributed by atoms with van der Waals surface area (Å²) in [6.45, 7) is 0. The van der Waals surface area contributed by atoms with Crippen LogP contribution in [-0.4, -0.2) is 18.1 Å². The van der Waals surface area contributed by atoms with Gasteiger partial charge in [-0.05, 0) is 31.4 Å². The molecule has 0 spiro atoms. The van der Waals surface area contributed by atoms with E-state index >= 15 is 0 Å². The Hall–Kier alpha value is -2.18. The third-order valence-electron chi connectivity index (χ3n) is 3.82. The van der Waals surface area contributed by atoms with Gasteiger partial charge in [0.1, 0.15) is 0 Å². The Morgan fingerprint density at radius 2 is 1.91 bits per heavy atom. The van der Waals surface area contributed by atoms with Crippen molar-refractivity contribution in [1.29, 1.82) is 0 Å². The molecule has 0 aromatic heterocycles. The summed E-state index contributed by atoms with van der Waals surface area (Å²) >= 11 is 0. The summed E-state index contributed by atoms with van der Waals surface area (Å²) < 4.78 is 38.6. The number of allylic oxidation sites excluding steroid dienone is 1. The molecule has 0 saturated heterocycles. The van der Waals surface area contributed by atoms with E-state index < -0.39 is 11.8 Å². The molecule has 1 amide bonds. The normalized spacial score (nSPS) is 22.4. The number of benzene rings is 1. The van der Waals surface area contributed by atoms with Crippen molar-refractivity contribution < 1.29 is 18.0 Å². The van der Waals surface area contributed by atoms with Gasteiger partial charge in [0.2, 0.25) is 0 Å². The van der Waals surface area contributed by atoms with E-state index in [1.807, 2.05) is 12.2 Å². The van der Waals surface area contributed by atoms with Crippen molar-refractivity contribution in [3.63, 3.8) is 0 Å². The van der Waals surface area contributed by atoms with E-state index in [1.54, 1.807) is 0 Å². The van der Waals surface area contributed by atoms with Gasteiger partial charge < -0.3 is 5.32 Å². The van der Waals surface area contributed by atoms with Gasteiger partial charge in [-0.25, -0.2) is 0 Å². The predicted molar refractivity (Wildman–Crippen MR) is 73.3 cm³/mol. The molecule has 1 N–H and O–H groups in total. The van der Waals surface area contributed by atoms with E-state index in [1.165, 1.54) is 24.3 Å². The molecule has 1 aliphatic heterocycles. The summed E-state index contributed by atoms with van der Waals surface area (Å²) in [4.78, 5) is 12.1. The van der Waals surface area contributed by atoms with Crippen LogP contribution in [0.3, 0.4) is 0 Å². The number of amides is 1. The Balaban J connectivity index is 1.70. The first kappa shape index (κ1) is 14.7. The number of rotatable bonds is 3. The summed E-state index contributed by atoms with van der Waals surface area (Å²) in [5.41, 5.74) is -2.19. The number of alkyl halides is 3. The van der Waals surface area contributed by atoms with Crippen LogP contribution in [0.2, 0.25) is 0 Å². The quantitative estimate of drug-likeness (QED) is 0.850. The SMILES string of the molecule is O=C(N[C@@H]1C=CCCC1)c1ccc(C2(C(F)(F)F)N=N2)cc1. The van der Waals surface area contributed by atoms with Crippen LogP contribution in [-0.2, 0) is 5.66 Å². The number of halogens is 3. The number of nitrogens with zero attached hydrogens (tertiary/aromatic N) is 2. The lowest BCUT2D eigenvalue weighted by Gasteiger charge is -2.18. The maximum absolute atomic E-state index is 12.9. The Bertz CT molecular complexity index is 628. The molecule has 0 unspecified atom stereocenters. The van der Waals surface area contributed by atoms with Crippen LogP contribution < -0.4 is 5.32 Å². The van der Waals surface area contributed by atoms with Crippen LogP contribution in [0.25, 0.3) is 0 Å². The highest BCUT2D eigenvalue weighted by Crippen LogP contribution is 2.52. The van der Waals surface area contributed by atoms with Gasteiger partial charge in [-0.2, -0.15) is 13.2 Å². The lowest BCUT2D eigenvalue weighted by molar-refractivity contribution is -0.166. The number of hydrogen-bond donors (Lipinski definition) is 1. The predicted octanol–water partition coefficient (Wildman–Crippen LogP) is 3.71. The van der Waals surface area contributed by atoms with Crippen LogP contribution in [0, 0.1) is 0 Å². The second-order valence-electron chi connectivity index (χ2n) is 5.39. The second kappa shape index (κ2) is 5.23. The molecule has 1 aliphatic carbocycles. The highest BCUT2D eigenvalue weighted by Gasteiger charge is 2.65. The van der Waals surface area contributed by atoms with Crippen molar-refractivity contribution in [1.82, 2.24) is 5.32 Å². The van der Waals surface area contributed by atoms with E-state index in [0.29, 0.717) is 5.56 Å². The van der Waals surface area contributed by atoms with Crippen molar-refractivity contribution in [2.75, 3.05) is 0 Å². The molecule has 1 atom stereocenters. The Morgan fingerprint density at radius 3 is 2.41 bits per heavy atom. The van der Waals surface area contributed by atoms with E-state index in [2.05, 4.69) is 15.5 Å². The fourth-order valence-electron chi connectivity index (χ4n) is 2.48. The van der Waals surface area contributed by atoms with Gasteiger partial charge in [0, 0.05) is 17.2 Å². The fourth-order valence-corrected chi connectivity index (χ4v) is 2.48. The van der Waals surface area contributed by atoms with Gasteiger partial charge in [-0.1, -0.05) is 24.3 Å². The standard InChI is InChI=1S/C15H14F3N3O/c16-15(17,18)14(20-21-14)11-8-6-10(7-9-11)13(22)19-12-4-2-1-3-5-12/h2,4,6-9,12H,1,3,5H2,(H,19,22)/t12-/m1/s1. The Kier molecular flexibility index (Phi) is 3.50. The Morgan fingerprint density at radius 1 is 1.23 bits per heavy atom. The Labute approximate surface area is 125 Å². The molecule has 3 rings (SSSR count). The molecule has 1 heterocycles. The molecule has 1 aromatic carbocycles. The first-order chi connectivity index (χ1) is 10.4. The molecule has 22 heavy (non-hydrogen) atoms. The van der Waals surface area contributed by atoms with Crippen molar-refractivity contribution in [3.8, 4) is 0 Å². The molecule has 0 fully saturated rings. The van der Waals surface area contributed by atoms with Crippen molar-refractivity contribution >= 4 is 5.91 Å². The van der Waals surface area contributed by atoms with Crippen LogP contribution in [0.1, 0.15) is 35.2 Å². The number of hydrogen-bond acceptors (Lipinski definition) is 3. The number of carbonyl (C=O) groups is 1. The van der Waals surface area contributed by atoms with Gasteiger partial charge in [0.25, 0.3) is 5.91 Å².